The molecule has 146 valence electrons. The van der Waals surface area contributed by atoms with Crippen molar-refractivity contribution in [3.8, 4) is 5.75 Å². The van der Waals surface area contributed by atoms with Crippen LogP contribution in [0.15, 0.2) is 29.3 Å². The van der Waals surface area contributed by atoms with Crippen molar-refractivity contribution in [1.29, 1.82) is 0 Å². The zero-order chi connectivity index (χ0) is 18.2. The summed E-state index contributed by atoms with van der Waals surface area (Å²) >= 11 is 0. The van der Waals surface area contributed by atoms with Crippen LogP contribution in [0.25, 0.3) is 0 Å². The number of nitrogens with one attached hydrogen (secondary N) is 1. The van der Waals surface area contributed by atoms with Gasteiger partial charge in [-0.15, -0.1) is 24.0 Å². The van der Waals surface area contributed by atoms with Crippen molar-refractivity contribution in [1.82, 2.24) is 15.1 Å². The minimum atomic E-state index is 0. The molecular formula is C19H31IN4O2. The third kappa shape index (κ3) is 6.34. The van der Waals surface area contributed by atoms with Gasteiger partial charge in [-0.05, 0) is 31.0 Å². The van der Waals surface area contributed by atoms with Crippen LogP contribution in [0.3, 0.4) is 0 Å². The third-order valence-corrected chi connectivity index (χ3v) is 4.50. The second-order valence-corrected chi connectivity index (χ2v) is 6.48. The zero-order valence-electron chi connectivity index (χ0n) is 16.2. The van der Waals surface area contributed by atoms with Gasteiger partial charge in [0.2, 0.25) is 5.91 Å². The van der Waals surface area contributed by atoms with E-state index >= 15 is 0 Å². The fourth-order valence-corrected chi connectivity index (χ4v) is 3.01. The summed E-state index contributed by atoms with van der Waals surface area (Å²) in [6.45, 7) is 5.33. The molecule has 0 radical (unpaired) electrons. The molecule has 1 atom stereocenters. The quantitative estimate of drug-likeness (QED) is 0.391. The summed E-state index contributed by atoms with van der Waals surface area (Å²) in [6.07, 6.45) is 1.55. The van der Waals surface area contributed by atoms with Crippen LogP contribution in [0.4, 0.5) is 0 Å². The smallest absolute Gasteiger partial charge is 0.223 e. The normalized spacial score (nSPS) is 16.8. The standard InChI is InChI=1S/C19H30N4O2.HI/c1-5-20-19(21-12-10-18(24)22(2)3)23-13-11-16(14-23)15-6-8-17(25-4)9-7-15;/h6-9,16H,5,10-14H2,1-4H3,(H,20,21);1H. The van der Waals surface area contributed by atoms with E-state index in [0.717, 1.165) is 37.8 Å². The van der Waals surface area contributed by atoms with E-state index in [2.05, 4.69) is 34.3 Å². The maximum absolute atomic E-state index is 11.7. The Morgan fingerprint density at radius 1 is 1.35 bits per heavy atom. The summed E-state index contributed by atoms with van der Waals surface area (Å²) in [6, 6.07) is 8.33. The molecule has 6 nitrogen and oxygen atoms in total. The molecule has 1 fully saturated rings. The topological polar surface area (TPSA) is 57.2 Å². The number of guanidine groups is 1. The van der Waals surface area contributed by atoms with Crippen LogP contribution in [0, 0.1) is 0 Å². The Bertz CT molecular complexity index is 590. The predicted molar refractivity (Wildman–Crippen MR) is 117 cm³/mol. The molecule has 1 aromatic rings. The molecule has 2 rings (SSSR count). The Labute approximate surface area is 174 Å². The van der Waals surface area contributed by atoms with Crippen molar-refractivity contribution in [2.45, 2.75) is 25.7 Å². The lowest BCUT2D eigenvalue weighted by atomic mass is 9.98. The second kappa shape index (κ2) is 11.3. The number of nitrogens with zero attached hydrogens (tertiary/aromatic N) is 3. The van der Waals surface area contributed by atoms with E-state index in [4.69, 9.17) is 4.74 Å². The molecule has 1 aromatic carbocycles. The summed E-state index contributed by atoms with van der Waals surface area (Å²) in [7, 11) is 5.24. The largest absolute Gasteiger partial charge is 0.497 e. The number of hydrogen-bond donors (Lipinski definition) is 1. The summed E-state index contributed by atoms with van der Waals surface area (Å²) in [5.74, 6) is 2.40. The van der Waals surface area contributed by atoms with Crippen LogP contribution in [0.2, 0.25) is 0 Å². The highest BCUT2D eigenvalue weighted by atomic mass is 127. The molecule has 1 unspecified atom stereocenters. The number of methoxy groups -OCH3 is 1. The van der Waals surface area contributed by atoms with Crippen LogP contribution >= 0.6 is 24.0 Å². The van der Waals surface area contributed by atoms with E-state index in [1.807, 2.05) is 12.1 Å². The zero-order valence-corrected chi connectivity index (χ0v) is 18.5. The van der Waals surface area contributed by atoms with Gasteiger partial charge in [0.05, 0.1) is 13.7 Å². The van der Waals surface area contributed by atoms with Gasteiger partial charge in [0, 0.05) is 46.1 Å². The van der Waals surface area contributed by atoms with Crippen LogP contribution in [-0.4, -0.2) is 69.1 Å². The number of carbonyl (C=O) groups is 1. The molecule has 0 spiro atoms. The molecule has 0 aliphatic carbocycles. The van der Waals surface area contributed by atoms with Crippen LogP contribution in [0.5, 0.6) is 5.75 Å². The van der Waals surface area contributed by atoms with Crippen molar-refractivity contribution in [3.63, 3.8) is 0 Å². The maximum Gasteiger partial charge on any atom is 0.223 e. The minimum Gasteiger partial charge on any atom is -0.497 e. The highest BCUT2D eigenvalue weighted by molar-refractivity contribution is 14.0. The Morgan fingerprint density at radius 2 is 2.04 bits per heavy atom. The lowest BCUT2D eigenvalue weighted by molar-refractivity contribution is -0.128. The molecule has 26 heavy (non-hydrogen) atoms. The Morgan fingerprint density at radius 3 is 2.62 bits per heavy atom. The Kier molecular flexibility index (Phi) is 9.75. The molecule has 1 amide bonds. The molecule has 0 saturated carbocycles. The van der Waals surface area contributed by atoms with E-state index in [-0.39, 0.29) is 29.9 Å². The van der Waals surface area contributed by atoms with Gasteiger partial charge < -0.3 is 19.9 Å². The van der Waals surface area contributed by atoms with E-state index < -0.39 is 0 Å². The number of likely N-dealkylation sites (tertiary alicyclic amines) is 1. The van der Waals surface area contributed by atoms with Crippen LogP contribution in [0.1, 0.15) is 31.2 Å². The number of ether oxygens (including phenoxy) is 1. The summed E-state index contributed by atoms with van der Waals surface area (Å²) in [4.78, 5) is 20.2. The van der Waals surface area contributed by atoms with E-state index in [9.17, 15) is 4.79 Å². The predicted octanol–water partition coefficient (Wildman–Crippen LogP) is 2.55. The van der Waals surface area contributed by atoms with E-state index in [1.54, 1.807) is 26.1 Å². The van der Waals surface area contributed by atoms with Crippen molar-refractivity contribution < 1.29 is 9.53 Å². The average molecular weight is 474 g/mol. The number of rotatable bonds is 6. The van der Waals surface area contributed by atoms with Crippen molar-refractivity contribution >= 4 is 35.8 Å². The molecule has 0 aromatic heterocycles. The fraction of sp³-hybridized carbons (Fsp3) is 0.579. The van der Waals surface area contributed by atoms with Gasteiger partial charge >= 0.3 is 0 Å². The number of benzene rings is 1. The number of aliphatic imine (C=N–C) groups is 1. The average Bonchev–Trinajstić information content (AvgIpc) is 3.10. The number of carbonyl (C=O) groups excluding carboxylic acids is 1. The van der Waals surface area contributed by atoms with Gasteiger partial charge in [-0.3, -0.25) is 9.79 Å². The van der Waals surface area contributed by atoms with Crippen molar-refractivity contribution in [2.24, 2.45) is 4.99 Å². The first-order valence-corrected chi connectivity index (χ1v) is 8.92. The Hall–Kier alpha value is -1.51. The SMILES string of the molecule is CCNC(=NCCC(=O)N(C)C)N1CCC(c2ccc(OC)cc2)C1.I. The first-order valence-electron chi connectivity index (χ1n) is 8.92. The maximum atomic E-state index is 11.7. The van der Waals surface area contributed by atoms with E-state index in [1.165, 1.54) is 5.56 Å². The summed E-state index contributed by atoms with van der Waals surface area (Å²) in [5.41, 5.74) is 1.34. The van der Waals surface area contributed by atoms with Crippen molar-refractivity contribution in [3.05, 3.63) is 29.8 Å². The molecule has 1 heterocycles. The molecule has 1 aliphatic rings. The summed E-state index contributed by atoms with van der Waals surface area (Å²) < 4.78 is 5.23. The molecule has 1 saturated heterocycles. The molecule has 1 aliphatic heterocycles. The third-order valence-electron chi connectivity index (χ3n) is 4.50. The summed E-state index contributed by atoms with van der Waals surface area (Å²) in [5, 5.41) is 3.35. The lowest BCUT2D eigenvalue weighted by Crippen LogP contribution is -2.40. The first-order chi connectivity index (χ1) is 12.0. The number of hydrogen-bond acceptors (Lipinski definition) is 3. The molecule has 0 bridgehead atoms. The highest BCUT2D eigenvalue weighted by Gasteiger charge is 2.26. The van der Waals surface area contributed by atoms with Crippen molar-refractivity contribution in [2.75, 3.05) is 47.4 Å². The van der Waals surface area contributed by atoms with Crippen LogP contribution in [-0.2, 0) is 4.79 Å². The number of halogens is 1. The first kappa shape index (κ1) is 22.5. The van der Waals surface area contributed by atoms with Gasteiger partial charge in [0.1, 0.15) is 5.75 Å². The molecule has 7 heteroatoms. The van der Waals surface area contributed by atoms with Gasteiger partial charge in [-0.25, -0.2) is 0 Å². The lowest BCUT2D eigenvalue weighted by Gasteiger charge is -2.22. The molecular weight excluding hydrogens is 443 g/mol. The second-order valence-electron chi connectivity index (χ2n) is 6.48. The van der Waals surface area contributed by atoms with Crippen LogP contribution < -0.4 is 10.1 Å². The highest BCUT2D eigenvalue weighted by Crippen LogP contribution is 2.28. The Balaban J connectivity index is 0.00000338. The van der Waals surface area contributed by atoms with Gasteiger partial charge in [-0.1, -0.05) is 12.1 Å². The minimum absolute atomic E-state index is 0. The van der Waals surface area contributed by atoms with Gasteiger partial charge in [0.15, 0.2) is 5.96 Å². The van der Waals surface area contributed by atoms with Gasteiger partial charge in [-0.2, -0.15) is 0 Å². The molecule has 1 N–H and O–H groups in total. The van der Waals surface area contributed by atoms with E-state index in [0.29, 0.717) is 18.9 Å². The number of amides is 1. The monoisotopic (exact) mass is 474 g/mol. The van der Waals surface area contributed by atoms with Gasteiger partial charge in [0.25, 0.3) is 0 Å². The fourth-order valence-electron chi connectivity index (χ4n) is 3.01.